The number of nitrogens with two attached hydrogens (primary N) is 1. The van der Waals surface area contributed by atoms with Gasteiger partial charge in [0.1, 0.15) is 5.84 Å². The van der Waals surface area contributed by atoms with Crippen molar-refractivity contribution in [1.29, 1.82) is 0 Å². The van der Waals surface area contributed by atoms with Crippen LogP contribution in [0.4, 0.5) is 11.4 Å². The predicted octanol–water partition coefficient (Wildman–Crippen LogP) is 4.12. The minimum Gasteiger partial charge on any atom is -0.383 e. The molecule has 0 bridgehead atoms. The van der Waals surface area contributed by atoms with Gasteiger partial charge in [0.15, 0.2) is 0 Å². The molecule has 3 aliphatic rings. The van der Waals surface area contributed by atoms with Crippen molar-refractivity contribution in [2.75, 3.05) is 36.8 Å². The average Bonchev–Trinajstić information content (AvgIpc) is 3.28. The molecule has 0 spiro atoms. The van der Waals surface area contributed by atoms with Crippen LogP contribution >= 0.6 is 33.8 Å². The number of anilines is 1. The van der Waals surface area contributed by atoms with Crippen molar-refractivity contribution in [1.82, 2.24) is 4.90 Å². The maximum Gasteiger partial charge on any atom is 0.223 e. The van der Waals surface area contributed by atoms with Crippen LogP contribution in [0, 0.1) is 0 Å². The highest BCUT2D eigenvalue weighted by Crippen LogP contribution is 2.39. The van der Waals surface area contributed by atoms with Crippen molar-refractivity contribution >= 4 is 61.8 Å². The largest absolute Gasteiger partial charge is 0.383 e. The summed E-state index contributed by atoms with van der Waals surface area (Å²) in [4.78, 5) is 22.2. The van der Waals surface area contributed by atoms with Crippen molar-refractivity contribution < 1.29 is 4.79 Å². The number of aliphatic imine (C=N–C) groups is 1. The Morgan fingerprint density at radius 1 is 1.20 bits per heavy atom. The van der Waals surface area contributed by atoms with Crippen molar-refractivity contribution in [3.05, 3.63) is 48.1 Å². The summed E-state index contributed by atoms with van der Waals surface area (Å²) >= 11 is 5.38. The lowest BCUT2D eigenvalue weighted by Gasteiger charge is -2.36. The van der Waals surface area contributed by atoms with Gasteiger partial charge in [0.05, 0.1) is 5.69 Å². The Morgan fingerprint density at radius 2 is 1.97 bits per heavy atom. The Kier molecular flexibility index (Phi) is 7.17. The van der Waals surface area contributed by atoms with E-state index in [1.807, 2.05) is 56.8 Å². The number of piperazine rings is 1. The van der Waals surface area contributed by atoms with E-state index in [0.29, 0.717) is 23.4 Å². The molecule has 1 unspecified atom stereocenters. The summed E-state index contributed by atoms with van der Waals surface area (Å²) in [7, 11) is 3.76. The minimum atomic E-state index is 0.305. The number of hydrogen-bond acceptors (Lipinski definition) is 6. The Labute approximate surface area is 191 Å². The highest BCUT2D eigenvalue weighted by atomic mass is 33.1. The predicted molar refractivity (Wildman–Crippen MR) is 134 cm³/mol. The zero-order chi connectivity index (χ0) is 20.9. The van der Waals surface area contributed by atoms with Gasteiger partial charge in [-0.15, -0.1) is 0 Å². The monoisotopic (exact) mass is 458 g/mol. The fourth-order valence-electron chi connectivity index (χ4n) is 3.75. The van der Waals surface area contributed by atoms with Gasteiger partial charge in [-0.25, -0.2) is 4.99 Å². The number of benzene rings is 1. The van der Waals surface area contributed by atoms with Gasteiger partial charge in [-0.2, -0.15) is 0 Å². The molecule has 2 N–H and O–H groups in total. The molecule has 2 heterocycles. The number of amides is 1. The van der Waals surface area contributed by atoms with Crippen LogP contribution in [0.2, 0.25) is 0 Å². The van der Waals surface area contributed by atoms with Gasteiger partial charge < -0.3 is 15.5 Å². The first kappa shape index (κ1) is 21.5. The van der Waals surface area contributed by atoms with Crippen LogP contribution in [0.5, 0.6) is 0 Å². The number of carbonyl (C=O) groups excluding carboxylic acids is 1. The number of hydrogen-bond donors (Lipinski definition) is 1. The molecule has 30 heavy (non-hydrogen) atoms. The van der Waals surface area contributed by atoms with E-state index in [4.69, 9.17) is 18.0 Å². The molecule has 1 amide bonds. The second-order valence-electron chi connectivity index (χ2n) is 7.55. The lowest BCUT2D eigenvalue weighted by molar-refractivity contribution is -0.131. The number of rotatable bonds is 5. The highest BCUT2D eigenvalue weighted by molar-refractivity contribution is 8.77. The van der Waals surface area contributed by atoms with E-state index in [9.17, 15) is 4.79 Å². The Hall–Kier alpha value is -1.77. The zero-order valence-electron chi connectivity index (χ0n) is 16.8. The first-order valence-electron chi connectivity index (χ1n) is 10.3. The summed E-state index contributed by atoms with van der Waals surface area (Å²) in [6.07, 6.45) is 8.48. The molecule has 0 radical (unpaired) electrons. The second-order valence-corrected chi connectivity index (χ2v) is 10.8. The van der Waals surface area contributed by atoms with E-state index >= 15 is 0 Å². The normalized spacial score (nSPS) is 22.4. The third-order valence-electron chi connectivity index (χ3n) is 5.50. The fraction of sp³-hybridized carbons (Fsp3) is 0.409. The van der Waals surface area contributed by atoms with E-state index in [1.165, 1.54) is 5.75 Å². The Balaban J connectivity index is 1.32. The standard InChI is InChI=1S/C22H26N4OS3/c23-22(19-3-1-2-4-20(19)28)24-16-5-7-17(8-6-16)25-10-12-26(13-11-25)21(27)15-18-9-14-29-30-18/h1-3,5-8,18H,4,9-15H2,(H2,23,24). The van der Waals surface area contributed by atoms with Gasteiger partial charge in [0, 0.05) is 66.1 Å². The zero-order valence-corrected chi connectivity index (χ0v) is 19.3. The first-order valence-corrected chi connectivity index (χ1v) is 13.0. The van der Waals surface area contributed by atoms with Crippen molar-refractivity contribution in [3.63, 3.8) is 0 Å². The van der Waals surface area contributed by atoms with Crippen molar-refractivity contribution in [2.45, 2.75) is 24.5 Å². The highest BCUT2D eigenvalue weighted by Gasteiger charge is 2.26. The van der Waals surface area contributed by atoms with Gasteiger partial charge in [0.25, 0.3) is 0 Å². The summed E-state index contributed by atoms with van der Waals surface area (Å²) in [6.45, 7) is 3.29. The summed E-state index contributed by atoms with van der Waals surface area (Å²) in [6, 6.07) is 8.11. The van der Waals surface area contributed by atoms with Gasteiger partial charge in [0.2, 0.25) is 5.91 Å². The van der Waals surface area contributed by atoms with Crippen LogP contribution in [-0.2, 0) is 4.79 Å². The second kappa shape index (κ2) is 10.0. The number of nitrogens with zero attached hydrogens (tertiary/aromatic N) is 3. The molecule has 158 valence electrons. The minimum absolute atomic E-state index is 0.305. The topological polar surface area (TPSA) is 61.9 Å². The molecule has 0 saturated carbocycles. The molecule has 1 aliphatic carbocycles. The third-order valence-corrected chi connectivity index (χ3v) is 8.83. The lowest BCUT2D eigenvalue weighted by Crippen LogP contribution is -2.49. The molecule has 5 nitrogen and oxygen atoms in total. The smallest absolute Gasteiger partial charge is 0.223 e. The molecule has 2 saturated heterocycles. The van der Waals surface area contributed by atoms with Gasteiger partial charge >= 0.3 is 0 Å². The van der Waals surface area contributed by atoms with Crippen molar-refractivity contribution in [2.24, 2.45) is 10.7 Å². The SMILES string of the molecule is NC(=Nc1ccc(N2CCN(C(=O)CC3CCSS3)CC2)cc1)C1=CC=CCC1=S. The molecule has 4 rings (SSSR count). The summed E-state index contributed by atoms with van der Waals surface area (Å²) in [5.74, 6) is 1.94. The van der Waals surface area contributed by atoms with Gasteiger partial charge in [-0.3, -0.25) is 4.79 Å². The summed E-state index contributed by atoms with van der Waals surface area (Å²) in [5.41, 5.74) is 8.97. The lowest BCUT2D eigenvalue weighted by atomic mass is 10.0. The molecule has 0 aromatic heterocycles. The van der Waals surface area contributed by atoms with Gasteiger partial charge in [-0.05, 0) is 30.7 Å². The molecule has 2 aliphatic heterocycles. The number of allylic oxidation sites excluding steroid dienone is 3. The van der Waals surface area contributed by atoms with E-state index in [-0.39, 0.29) is 0 Å². The molecule has 1 aromatic carbocycles. The van der Waals surface area contributed by atoms with Crippen LogP contribution < -0.4 is 10.6 Å². The van der Waals surface area contributed by atoms with Crippen LogP contribution in [0.3, 0.4) is 0 Å². The quantitative estimate of drug-likeness (QED) is 0.310. The van der Waals surface area contributed by atoms with Crippen LogP contribution in [-0.4, -0.2) is 58.7 Å². The van der Waals surface area contributed by atoms with Gasteiger partial charge in [-0.1, -0.05) is 52.0 Å². The van der Waals surface area contributed by atoms with E-state index in [0.717, 1.165) is 60.8 Å². The molecule has 1 aromatic rings. The van der Waals surface area contributed by atoms with Crippen LogP contribution in [0.25, 0.3) is 0 Å². The number of thiocarbonyl (C=S) groups is 1. The third kappa shape index (κ3) is 5.28. The molecule has 8 heteroatoms. The van der Waals surface area contributed by atoms with Crippen LogP contribution in [0.1, 0.15) is 19.3 Å². The molecule has 2 fully saturated rings. The Bertz CT molecular complexity index is 880. The Morgan fingerprint density at radius 3 is 2.63 bits per heavy atom. The number of amidine groups is 1. The van der Waals surface area contributed by atoms with Crippen LogP contribution in [0.15, 0.2) is 53.1 Å². The fourth-order valence-corrected chi connectivity index (χ4v) is 6.91. The summed E-state index contributed by atoms with van der Waals surface area (Å²) in [5, 5.41) is 0.496. The first-order chi connectivity index (χ1) is 14.6. The molecular weight excluding hydrogens is 432 g/mol. The van der Waals surface area contributed by atoms with E-state index in [1.54, 1.807) is 0 Å². The van der Waals surface area contributed by atoms with E-state index < -0.39 is 0 Å². The average molecular weight is 459 g/mol. The van der Waals surface area contributed by atoms with E-state index in [2.05, 4.69) is 22.0 Å². The number of carbonyl (C=O) groups is 1. The maximum atomic E-state index is 12.5. The van der Waals surface area contributed by atoms with Crippen molar-refractivity contribution in [3.8, 4) is 0 Å². The molecular formula is C22H26N4OS3. The molecule has 1 atom stereocenters. The maximum absolute atomic E-state index is 12.5. The summed E-state index contributed by atoms with van der Waals surface area (Å²) < 4.78 is 0.